The van der Waals surface area contributed by atoms with E-state index in [2.05, 4.69) is 27.3 Å². The molecule has 34 heavy (non-hydrogen) atoms. The first-order valence-corrected chi connectivity index (χ1v) is 11.6. The van der Waals surface area contributed by atoms with Crippen LogP contribution in [0, 0.1) is 0 Å². The molecule has 182 valence electrons. The van der Waals surface area contributed by atoms with Crippen LogP contribution in [-0.2, 0) is 6.54 Å². The molecular weight excluding hydrogens is 454 g/mol. The average molecular weight is 486 g/mol. The molecule has 1 saturated heterocycles. The van der Waals surface area contributed by atoms with Gasteiger partial charge >= 0.3 is 0 Å². The Kier molecular flexibility index (Phi) is 8.11. The Balaban J connectivity index is 0.00000274. The summed E-state index contributed by atoms with van der Waals surface area (Å²) in [6.07, 6.45) is 3.23. The van der Waals surface area contributed by atoms with Crippen molar-refractivity contribution in [2.45, 2.75) is 31.5 Å². The summed E-state index contributed by atoms with van der Waals surface area (Å²) < 4.78 is 16.7. The molecule has 0 radical (unpaired) electrons. The number of aliphatic hydroxyl groups excluding tert-OH is 1. The van der Waals surface area contributed by atoms with Gasteiger partial charge < -0.3 is 29.5 Å². The van der Waals surface area contributed by atoms with E-state index in [1.807, 2.05) is 30.3 Å². The number of hydrogen-bond donors (Lipinski definition) is 2. The minimum absolute atomic E-state index is 0. The highest BCUT2D eigenvalue weighted by atomic mass is 35.5. The van der Waals surface area contributed by atoms with Crippen LogP contribution in [0.2, 0.25) is 0 Å². The molecule has 7 nitrogen and oxygen atoms in total. The molecule has 0 amide bonds. The maximum Gasteiger partial charge on any atom is 0.161 e. The van der Waals surface area contributed by atoms with E-state index in [9.17, 15) is 5.11 Å². The second-order valence-electron chi connectivity index (χ2n) is 8.73. The van der Waals surface area contributed by atoms with E-state index in [4.69, 9.17) is 14.2 Å². The van der Waals surface area contributed by atoms with Crippen molar-refractivity contribution in [1.82, 2.24) is 15.2 Å². The highest BCUT2D eigenvalue weighted by Gasteiger charge is 2.23. The van der Waals surface area contributed by atoms with Crippen LogP contribution in [0.3, 0.4) is 0 Å². The minimum atomic E-state index is -0.636. The van der Waals surface area contributed by atoms with Crippen molar-refractivity contribution in [2.75, 3.05) is 40.0 Å². The smallest absolute Gasteiger partial charge is 0.161 e. The quantitative estimate of drug-likeness (QED) is 0.528. The van der Waals surface area contributed by atoms with Gasteiger partial charge in [-0.1, -0.05) is 12.1 Å². The number of pyridine rings is 1. The first-order chi connectivity index (χ1) is 16.2. The Morgan fingerprint density at radius 1 is 1.09 bits per heavy atom. The zero-order chi connectivity index (χ0) is 22.6. The Morgan fingerprint density at radius 3 is 2.68 bits per heavy atom. The van der Waals surface area contributed by atoms with Gasteiger partial charge in [0.15, 0.2) is 11.5 Å². The predicted molar refractivity (Wildman–Crippen MR) is 134 cm³/mol. The molecule has 1 unspecified atom stereocenters. The number of benzene rings is 2. The van der Waals surface area contributed by atoms with E-state index >= 15 is 0 Å². The molecule has 1 atom stereocenters. The van der Waals surface area contributed by atoms with Gasteiger partial charge in [0.25, 0.3) is 0 Å². The molecule has 3 aromatic rings. The van der Waals surface area contributed by atoms with E-state index in [0.29, 0.717) is 31.5 Å². The SMILES string of the molecule is COc1ccc2ccnc(C(O)CN3CCC(NCc4ccc5c(c4)OCCO5)CC3)c2c1.Cl. The van der Waals surface area contributed by atoms with Gasteiger partial charge in [0.05, 0.1) is 12.8 Å². The Bertz CT molecular complexity index is 1100. The fraction of sp³-hybridized carbons (Fsp3) is 0.423. The minimum Gasteiger partial charge on any atom is -0.497 e. The number of aromatic nitrogens is 1. The van der Waals surface area contributed by atoms with Gasteiger partial charge in [-0.3, -0.25) is 4.98 Å². The molecule has 1 aromatic heterocycles. The Hall–Kier alpha value is -2.58. The molecule has 2 N–H and O–H groups in total. The number of ether oxygens (including phenoxy) is 3. The number of hydrogen-bond acceptors (Lipinski definition) is 7. The van der Waals surface area contributed by atoms with Gasteiger partial charge in [-0.25, -0.2) is 0 Å². The van der Waals surface area contributed by atoms with Gasteiger partial charge in [-0.15, -0.1) is 12.4 Å². The van der Waals surface area contributed by atoms with E-state index < -0.39 is 6.10 Å². The second-order valence-corrected chi connectivity index (χ2v) is 8.73. The molecule has 3 heterocycles. The van der Waals surface area contributed by atoms with Crippen LogP contribution in [0.1, 0.15) is 30.2 Å². The van der Waals surface area contributed by atoms with Gasteiger partial charge in [0.2, 0.25) is 0 Å². The van der Waals surface area contributed by atoms with Crippen molar-refractivity contribution >= 4 is 23.2 Å². The average Bonchev–Trinajstić information content (AvgIpc) is 2.87. The van der Waals surface area contributed by atoms with Crippen LogP contribution in [0.5, 0.6) is 17.2 Å². The van der Waals surface area contributed by atoms with Crippen LogP contribution in [0.4, 0.5) is 0 Å². The third-order valence-electron chi connectivity index (χ3n) is 6.54. The van der Waals surface area contributed by atoms with Crippen molar-refractivity contribution in [3.63, 3.8) is 0 Å². The van der Waals surface area contributed by atoms with E-state index in [-0.39, 0.29) is 12.4 Å². The normalized spacial score (nSPS) is 17.2. The summed E-state index contributed by atoms with van der Waals surface area (Å²) in [5.74, 6) is 2.44. The highest BCUT2D eigenvalue weighted by molar-refractivity contribution is 5.86. The number of β-amino-alcohol motifs (C(OH)–C–C–N with tert-alkyl or cyclic N) is 1. The molecular formula is C26H32ClN3O4. The molecule has 0 saturated carbocycles. The first-order valence-electron chi connectivity index (χ1n) is 11.6. The molecule has 0 spiro atoms. The lowest BCUT2D eigenvalue weighted by atomic mass is 10.0. The number of nitrogens with one attached hydrogen (secondary N) is 1. The molecule has 2 aliphatic heterocycles. The molecule has 2 aliphatic rings. The van der Waals surface area contributed by atoms with Crippen LogP contribution in [0.25, 0.3) is 10.8 Å². The Labute approximate surface area is 206 Å². The van der Waals surface area contributed by atoms with Crippen LogP contribution in [0.15, 0.2) is 48.7 Å². The molecule has 1 fully saturated rings. The highest BCUT2D eigenvalue weighted by Crippen LogP contribution is 2.31. The maximum absolute atomic E-state index is 11.0. The third-order valence-corrected chi connectivity index (χ3v) is 6.54. The predicted octanol–water partition coefficient (Wildman–Crippen LogP) is 3.72. The number of nitrogens with zero attached hydrogens (tertiary/aromatic N) is 2. The van der Waals surface area contributed by atoms with Crippen molar-refractivity contribution in [3.05, 3.63) is 59.9 Å². The lowest BCUT2D eigenvalue weighted by Crippen LogP contribution is -2.43. The van der Waals surface area contributed by atoms with Crippen LogP contribution < -0.4 is 19.5 Å². The Morgan fingerprint density at radius 2 is 1.88 bits per heavy atom. The number of aliphatic hydroxyl groups is 1. The largest absolute Gasteiger partial charge is 0.497 e. The number of fused-ring (bicyclic) bond motifs is 2. The summed E-state index contributed by atoms with van der Waals surface area (Å²) in [5.41, 5.74) is 1.92. The monoisotopic (exact) mass is 485 g/mol. The molecule has 0 bridgehead atoms. The van der Waals surface area contributed by atoms with E-state index in [1.54, 1.807) is 13.3 Å². The fourth-order valence-corrected chi connectivity index (χ4v) is 4.67. The molecule has 0 aliphatic carbocycles. The summed E-state index contributed by atoms with van der Waals surface area (Å²) in [5, 5.41) is 16.6. The van der Waals surface area contributed by atoms with Crippen LogP contribution in [-0.4, -0.2) is 61.0 Å². The summed E-state index contributed by atoms with van der Waals surface area (Å²) >= 11 is 0. The number of rotatable bonds is 7. The fourth-order valence-electron chi connectivity index (χ4n) is 4.67. The van der Waals surface area contributed by atoms with Crippen molar-refractivity contribution < 1.29 is 19.3 Å². The van der Waals surface area contributed by atoms with Crippen molar-refractivity contribution in [2.24, 2.45) is 0 Å². The summed E-state index contributed by atoms with van der Waals surface area (Å²) in [4.78, 5) is 6.82. The topological polar surface area (TPSA) is 76.1 Å². The lowest BCUT2D eigenvalue weighted by Gasteiger charge is -2.33. The van der Waals surface area contributed by atoms with E-state index in [0.717, 1.165) is 60.5 Å². The van der Waals surface area contributed by atoms with Gasteiger partial charge in [-0.05, 0) is 67.2 Å². The van der Waals surface area contributed by atoms with Crippen molar-refractivity contribution in [3.8, 4) is 17.2 Å². The van der Waals surface area contributed by atoms with E-state index in [1.165, 1.54) is 5.56 Å². The standard InChI is InChI=1S/C26H31N3O4.ClH/c1-31-21-4-3-19-6-9-27-26(22(19)15-21)23(30)17-29-10-7-20(8-11-29)28-16-18-2-5-24-25(14-18)33-13-12-32-24;/h2-6,9,14-15,20,23,28,30H,7-8,10-13,16-17H2,1H3;1H. The lowest BCUT2D eigenvalue weighted by molar-refractivity contribution is 0.0923. The molecule has 8 heteroatoms. The number of piperidine rings is 1. The van der Waals surface area contributed by atoms with Crippen LogP contribution >= 0.6 is 12.4 Å². The number of methoxy groups -OCH3 is 1. The molecule has 5 rings (SSSR count). The summed E-state index contributed by atoms with van der Waals surface area (Å²) in [6.45, 7) is 4.51. The zero-order valence-corrected chi connectivity index (χ0v) is 20.2. The zero-order valence-electron chi connectivity index (χ0n) is 19.4. The second kappa shape index (κ2) is 11.2. The van der Waals surface area contributed by atoms with Gasteiger partial charge in [-0.2, -0.15) is 0 Å². The first kappa shape index (κ1) is 24.5. The number of likely N-dealkylation sites (tertiary alicyclic amines) is 1. The summed E-state index contributed by atoms with van der Waals surface area (Å²) in [6, 6.07) is 14.5. The van der Waals surface area contributed by atoms with Crippen molar-refractivity contribution in [1.29, 1.82) is 0 Å². The van der Waals surface area contributed by atoms with Gasteiger partial charge in [0, 0.05) is 30.7 Å². The molecule has 2 aromatic carbocycles. The third kappa shape index (κ3) is 5.55. The summed E-state index contributed by atoms with van der Waals surface area (Å²) in [7, 11) is 1.65. The van der Waals surface area contributed by atoms with Gasteiger partial charge in [0.1, 0.15) is 25.1 Å². The maximum atomic E-state index is 11.0. The number of halogens is 1.